The Morgan fingerprint density at radius 1 is 1.05 bits per heavy atom. The number of aromatic nitrogens is 3. The van der Waals surface area contributed by atoms with Crippen molar-refractivity contribution in [3.63, 3.8) is 0 Å². The number of carbonyl (C=O) groups is 1. The van der Waals surface area contributed by atoms with Crippen LogP contribution in [0, 0.1) is 18.8 Å². The van der Waals surface area contributed by atoms with Crippen molar-refractivity contribution >= 4 is 11.7 Å². The van der Waals surface area contributed by atoms with E-state index in [1.165, 1.54) is 11.1 Å². The summed E-state index contributed by atoms with van der Waals surface area (Å²) in [5.41, 5.74) is 4.64. The van der Waals surface area contributed by atoms with Crippen LogP contribution in [0.15, 0.2) is 48.9 Å². The second-order valence-electron chi connectivity index (χ2n) is 13.0. The third kappa shape index (κ3) is 7.88. The number of rotatable bonds is 12. The van der Waals surface area contributed by atoms with Gasteiger partial charge in [-0.1, -0.05) is 12.1 Å². The molecule has 2 aliphatic rings. The number of aliphatic hydroxyl groups is 1. The van der Waals surface area contributed by atoms with Crippen LogP contribution in [0.3, 0.4) is 0 Å². The predicted octanol–water partition coefficient (Wildman–Crippen LogP) is 7.11. The summed E-state index contributed by atoms with van der Waals surface area (Å²) in [5.74, 6) is 2.81. The first kappa shape index (κ1) is 32.2. The topological polar surface area (TPSA) is 89.7 Å². The third-order valence-corrected chi connectivity index (χ3v) is 9.61. The Morgan fingerprint density at radius 3 is 2.48 bits per heavy atom. The summed E-state index contributed by atoms with van der Waals surface area (Å²) in [6.07, 6.45) is 14.4. The second-order valence-corrected chi connectivity index (χ2v) is 13.0. The molecule has 2 heterocycles. The van der Waals surface area contributed by atoms with Crippen LogP contribution in [0.25, 0.3) is 11.1 Å². The van der Waals surface area contributed by atoms with E-state index in [9.17, 15) is 4.79 Å². The number of hydrogen-bond donors (Lipinski definition) is 1. The number of methoxy groups -OCH3 is 1. The normalized spacial score (nSPS) is 22.2. The van der Waals surface area contributed by atoms with E-state index in [4.69, 9.17) is 19.6 Å². The molecule has 0 atom stereocenters. The number of aliphatic hydroxyl groups excluding tert-OH is 1. The van der Waals surface area contributed by atoms with Gasteiger partial charge >= 0.3 is 0 Å². The number of hydrogen-bond acceptors (Lipinski definition) is 6. The maximum atomic E-state index is 14.2. The molecule has 3 aromatic rings. The average Bonchev–Trinajstić information content (AvgIpc) is 3.55. The molecule has 2 aliphatic carbocycles. The quantitative estimate of drug-likeness (QED) is 0.222. The monoisotopic (exact) mass is 602 g/mol. The highest BCUT2D eigenvalue weighted by molar-refractivity contribution is 5.94. The number of aryl methyl sites for hydroxylation is 1. The molecule has 5 rings (SSSR count). The van der Waals surface area contributed by atoms with Gasteiger partial charge in [0.1, 0.15) is 11.6 Å². The lowest BCUT2D eigenvalue weighted by molar-refractivity contribution is -0.124. The molecule has 2 fully saturated rings. The Balaban J connectivity index is 1.30. The maximum absolute atomic E-state index is 14.2. The van der Waals surface area contributed by atoms with Crippen molar-refractivity contribution in [3.05, 3.63) is 60.0 Å². The van der Waals surface area contributed by atoms with Crippen molar-refractivity contribution in [2.45, 2.75) is 96.6 Å². The Bertz CT molecular complexity index is 1360. The number of nitrogens with zero attached hydrogens (tertiary/aromatic N) is 4. The fourth-order valence-corrected chi connectivity index (χ4v) is 6.91. The highest BCUT2D eigenvalue weighted by Crippen LogP contribution is 2.39. The first-order valence-electron chi connectivity index (χ1n) is 16.5. The zero-order valence-electron chi connectivity index (χ0n) is 27.0. The number of anilines is 1. The molecular weight excluding hydrogens is 552 g/mol. The molecule has 1 amide bonds. The van der Waals surface area contributed by atoms with E-state index >= 15 is 0 Å². The number of ether oxygens (including phenoxy) is 2. The van der Waals surface area contributed by atoms with Crippen molar-refractivity contribution in [2.75, 3.05) is 31.8 Å². The SMILES string of the molecule is COc1ccc(C2CCC(CN(C(=O)C3CCC(OCCCO)CC3)c3cc(-c4cnn(C(C)C)c4)ccn3)CC2)cc1C. The van der Waals surface area contributed by atoms with Crippen molar-refractivity contribution in [2.24, 2.45) is 11.8 Å². The molecule has 0 bridgehead atoms. The summed E-state index contributed by atoms with van der Waals surface area (Å²) < 4.78 is 13.4. The summed E-state index contributed by atoms with van der Waals surface area (Å²) in [6, 6.07) is 10.9. The number of pyridine rings is 1. The molecular formula is C36H50N4O4. The first-order valence-corrected chi connectivity index (χ1v) is 16.5. The van der Waals surface area contributed by atoms with E-state index in [2.05, 4.69) is 56.3 Å². The average molecular weight is 603 g/mol. The largest absolute Gasteiger partial charge is 0.496 e. The van der Waals surface area contributed by atoms with Gasteiger partial charge in [-0.05, 0) is 125 Å². The van der Waals surface area contributed by atoms with E-state index in [1.54, 1.807) is 7.11 Å². The van der Waals surface area contributed by atoms with E-state index in [0.29, 0.717) is 31.4 Å². The molecule has 0 unspecified atom stereocenters. The fourth-order valence-electron chi connectivity index (χ4n) is 6.91. The Kier molecular flexibility index (Phi) is 11.1. The lowest BCUT2D eigenvalue weighted by Crippen LogP contribution is -2.42. The summed E-state index contributed by atoms with van der Waals surface area (Å²) in [7, 11) is 1.72. The standard InChI is InChI=1S/C36H50N4O4/c1-25(2)40-24-32(22-38-40)31-16-17-37-35(21-31)39(36(42)29-10-13-33(14-11-29)44-19-5-18-41)23-27-6-8-28(9-7-27)30-12-15-34(43-4)26(3)20-30/h12,15-17,20-22,24-25,27-29,33,41H,5-11,13-14,18-19,23H2,1-4H3. The van der Waals surface area contributed by atoms with E-state index < -0.39 is 0 Å². The number of carbonyl (C=O) groups excluding carboxylic acids is 1. The minimum atomic E-state index is -0.0274. The summed E-state index contributed by atoms with van der Waals surface area (Å²) in [4.78, 5) is 21.0. The number of amides is 1. The van der Waals surface area contributed by atoms with Gasteiger partial charge < -0.3 is 14.6 Å². The van der Waals surface area contributed by atoms with Crippen molar-refractivity contribution in [1.29, 1.82) is 0 Å². The lowest BCUT2D eigenvalue weighted by Gasteiger charge is -2.36. The van der Waals surface area contributed by atoms with E-state index in [0.717, 1.165) is 74.1 Å². The molecule has 1 aromatic carbocycles. The van der Waals surface area contributed by atoms with Gasteiger partial charge in [0.25, 0.3) is 0 Å². The molecule has 238 valence electrons. The molecule has 0 aliphatic heterocycles. The van der Waals surface area contributed by atoms with Gasteiger partial charge in [0.15, 0.2) is 0 Å². The molecule has 0 spiro atoms. The van der Waals surface area contributed by atoms with Gasteiger partial charge in [0.2, 0.25) is 5.91 Å². The zero-order valence-corrected chi connectivity index (χ0v) is 27.0. The van der Waals surface area contributed by atoms with Crippen LogP contribution in [0.4, 0.5) is 5.82 Å². The van der Waals surface area contributed by atoms with Gasteiger partial charge in [-0.15, -0.1) is 0 Å². The van der Waals surface area contributed by atoms with Crippen molar-refractivity contribution < 1.29 is 19.4 Å². The highest BCUT2D eigenvalue weighted by Gasteiger charge is 2.33. The van der Waals surface area contributed by atoms with E-state index in [1.807, 2.05) is 28.0 Å². The van der Waals surface area contributed by atoms with Gasteiger partial charge in [-0.3, -0.25) is 14.4 Å². The molecule has 2 saturated carbocycles. The summed E-state index contributed by atoms with van der Waals surface area (Å²) >= 11 is 0. The second kappa shape index (κ2) is 15.2. The Labute approximate surface area is 262 Å². The van der Waals surface area contributed by atoms with Crippen LogP contribution in [-0.2, 0) is 9.53 Å². The van der Waals surface area contributed by atoms with Crippen molar-refractivity contribution in [3.8, 4) is 16.9 Å². The van der Waals surface area contributed by atoms with Crippen LogP contribution < -0.4 is 9.64 Å². The third-order valence-electron chi connectivity index (χ3n) is 9.61. The maximum Gasteiger partial charge on any atom is 0.231 e. The van der Waals surface area contributed by atoms with Gasteiger partial charge in [-0.25, -0.2) is 4.98 Å². The van der Waals surface area contributed by atoms with Crippen LogP contribution in [-0.4, -0.2) is 58.8 Å². The Morgan fingerprint density at radius 2 is 1.82 bits per heavy atom. The zero-order chi connectivity index (χ0) is 31.1. The van der Waals surface area contributed by atoms with Crippen LogP contribution in [0.5, 0.6) is 5.75 Å². The van der Waals surface area contributed by atoms with Crippen LogP contribution >= 0.6 is 0 Å². The first-order chi connectivity index (χ1) is 21.4. The van der Waals surface area contributed by atoms with Crippen molar-refractivity contribution in [1.82, 2.24) is 14.8 Å². The smallest absolute Gasteiger partial charge is 0.231 e. The molecule has 8 heteroatoms. The van der Waals surface area contributed by atoms with Crippen LogP contribution in [0.1, 0.15) is 94.7 Å². The fraction of sp³-hybridized carbons (Fsp3) is 0.583. The van der Waals surface area contributed by atoms with Gasteiger partial charge in [0, 0.05) is 49.7 Å². The lowest BCUT2D eigenvalue weighted by atomic mass is 9.78. The predicted molar refractivity (Wildman–Crippen MR) is 174 cm³/mol. The molecule has 44 heavy (non-hydrogen) atoms. The Hall–Kier alpha value is -3.23. The van der Waals surface area contributed by atoms with Gasteiger partial charge in [0.05, 0.1) is 19.4 Å². The van der Waals surface area contributed by atoms with Gasteiger partial charge in [-0.2, -0.15) is 5.10 Å². The molecule has 0 radical (unpaired) electrons. The minimum absolute atomic E-state index is 0.0274. The van der Waals surface area contributed by atoms with E-state index in [-0.39, 0.29) is 30.6 Å². The summed E-state index contributed by atoms with van der Waals surface area (Å²) in [6.45, 7) is 7.77. The minimum Gasteiger partial charge on any atom is -0.496 e. The summed E-state index contributed by atoms with van der Waals surface area (Å²) in [5, 5.41) is 13.6. The molecule has 2 aromatic heterocycles. The molecule has 0 saturated heterocycles. The van der Waals surface area contributed by atoms with Crippen LogP contribution in [0.2, 0.25) is 0 Å². The molecule has 8 nitrogen and oxygen atoms in total. The molecule has 1 N–H and O–H groups in total. The number of benzene rings is 1. The highest BCUT2D eigenvalue weighted by atomic mass is 16.5.